The van der Waals surface area contributed by atoms with Gasteiger partial charge < -0.3 is 0 Å². The fourth-order valence-electron chi connectivity index (χ4n) is 1.19. The van der Waals surface area contributed by atoms with E-state index in [4.69, 9.17) is 23.2 Å². The maximum absolute atomic E-state index is 6.09. The van der Waals surface area contributed by atoms with Crippen LogP contribution in [-0.4, -0.2) is 6.26 Å². The first-order valence-corrected chi connectivity index (χ1v) is 6.19. The van der Waals surface area contributed by atoms with Gasteiger partial charge in [-0.1, -0.05) is 36.5 Å². The summed E-state index contributed by atoms with van der Waals surface area (Å²) in [5.74, 6) is 0. The fraction of sp³-hybridized carbons (Fsp3) is 0.400. The minimum Gasteiger partial charge on any atom is -0.128 e. The molecule has 0 fully saturated rings. The largest absolute Gasteiger partial charge is 0.128 e. The maximum atomic E-state index is 6.09. The highest BCUT2D eigenvalue weighted by Crippen LogP contribution is 2.31. The minimum absolute atomic E-state index is 0.806. The van der Waals surface area contributed by atoms with Crippen molar-refractivity contribution in [1.82, 2.24) is 0 Å². The van der Waals surface area contributed by atoms with Gasteiger partial charge in [0.25, 0.3) is 0 Å². The Balaban J connectivity index is 3.05. The van der Waals surface area contributed by atoms with Crippen LogP contribution in [0.25, 0.3) is 0 Å². The predicted octanol–water partition coefficient (Wildman–Crippen LogP) is 4.67. The molecule has 0 radical (unpaired) electrons. The van der Waals surface area contributed by atoms with E-state index in [1.54, 1.807) is 11.8 Å². The molecule has 3 heteroatoms. The van der Waals surface area contributed by atoms with Gasteiger partial charge in [0.2, 0.25) is 0 Å². The summed E-state index contributed by atoms with van der Waals surface area (Å²) in [6, 6.07) is 3.92. The number of rotatable bonds is 3. The Hall–Kier alpha value is 0.150. The Morgan fingerprint density at radius 2 is 1.92 bits per heavy atom. The molecule has 0 unspecified atom stereocenters. The average molecular weight is 235 g/mol. The molecule has 72 valence electrons. The third kappa shape index (κ3) is 2.80. The Bertz CT molecular complexity index is 297. The highest BCUT2D eigenvalue weighted by atomic mass is 35.5. The molecule has 0 aliphatic rings. The number of aryl methyl sites for hydroxylation is 1. The highest BCUT2D eigenvalue weighted by Gasteiger charge is 2.05. The molecule has 1 aromatic rings. The molecule has 1 rings (SSSR count). The molecule has 0 heterocycles. The van der Waals surface area contributed by atoms with Crippen LogP contribution in [0.15, 0.2) is 17.0 Å². The van der Waals surface area contributed by atoms with Crippen molar-refractivity contribution >= 4 is 35.0 Å². The van der Waals surface area contributed by atoms with Gasteiger partial charge in [-0.2, -0.15) is 0 Å². The highest BCUT2D eigenvalue weighted by molar-refractivity contribution is 7.98. The van der Waals surface area contributed by atoms with Gasteiger partial charge in [-0.25, -0.2) is 0 Å². The van der Waals surface area contributed by atoms with Crippen molar-refractivity contribution in [2.24, 2.45) is 0 Å². The van der Waals surface area contributed by atoms with Gasteiger partial charge in [0.15, 0.2) is 0 Å². The third-order valence-electron chi connectivity index (χ3n) is 1.84. The van der Waals surface area contributed by atoms with Gasteiger partial charge >= 0.3 is 0 Å². The van der Waals surface area contributed by atoms with Crippen LogP contribution < -0.4 is 0 Å². The van der Waals surface area contributed by atoms with E-state index < -0.39 is 0 Å². The summed E-state index contributed by atoms with van der Waals surface area (Å²) < 4.78 is 0. The molecule has 0 bridgehead atoms. The number of benzene rings is 1. The minimum atomic E-state index is 0.806. The Morgan fingerprint density at radius 1 is 1.23 bits per heavy atom. The molecule has 0 N–H and O–H groups in total. The first kappa shape index (κ1) is 11.2. The topological polar surface area (TPSA) is 0 Å². The van der Waals surface area contributed by atoms with Crippen molar-refractivity contribution in [2.45, 2.75) is 24.7 Å². The van der Waals surface area contributed by atoms with Gasteiger partial charge in [-0.05, 0) is 30.4 Å². The predicted molar refractivity (Wildman–Crippen MR) is 62.2 cm³/mol. The summed E-state index contributed by atoms with van der Waals surface area (Å²) in [4.78, 5) is 1.05. The lowest BCUT2D eigenvalue weighted by atomic mass is 10.1. The van der Waals surface area contributed by atoms with E-state index >= 15 is 0 Å². The van der Waals surface area contributed by atoms with Crippen molar-refractivity contribution < 1.29 is 0 Å². The zero-order valence-corrected chi connectivity index (χ0v) is 10.1. The van der Waals surface area contributed by atoms with Crippen molar-refractivity contribution in [3.63, 3.8) is 0 Å². The third-order valence-corrected chi connectivity index (χ3v) is 3.39. The van der Waals surface area contributed by atoms with Crippen LogP contribution in [-0.2, 0) is 6.42 Å². The molecule has 0 nitrogen and oxygen atoms in total. The molecule has 0 saturated heterocycles. The van der Waals surface area contributed by atoms with Crippen LogP contribution in [0.4, 0.5) is 0 Å². The van der Waals surface area contributed by atoms with Crippen LogP contribution in [0.5, 0.6) is 0 Å². The monoisotopic (exact) mass is 234 g/mol. The van der Waals surface area contributed by atoms with E-state index in [0.29, 0.717) is 0 Å². The van der Waals surface area contributed by atoms with E-state index in [0.717, 1.165) is 33.3 Å². The number of hydrogen-bond donors (Lipinski definition) is 0. The maximum Gasteiger partial charge on any atom is 0.0545 e. The van der Waals surface area contributed by atoms with Crippen LogP contribution in [0.1, 0.15) is 18.9 Å². The van der Waals surface area contributed by atoms with E-state index in [2.05, 4.69) is 6.92 Å². The lowest BCUT2D eigenvalue weighted by molar-refractivity contribution is 0.920. The molecule has 0 amide bonds. The molecule has 0 saturated carbocycles. The Morgan fingerprint density at radius 3 is 2.46 bits per heavy atom. The lowest BCUT2D eigenvalue weighted by Crippen LogP contribution is -1.86. The summed E-state index contributed by atoms with van der Waals surface area (Å²) in [5, 5.41) is 1.64. The summed E-state index contributed by atoms with van der Waals surface area (Å²) in [6.45, 7) is 2.13. The summed E-state index contributed by atoms with van der Waals surface area (Å²) in [6.07, 6.45) is 4.08. The average Bonchev–Trinajstić information content (AvgIpc) is 2.11. The van der Waals surface area contributed by atoms with Crippen molar-refractivity contribution in [2.75, 3.05) is 6.26 Å². The molecule has 0 aromatic heterocycles. The first-order chi connectivity index (χ1) is 6.19. The number of halogens is 2. The van der Waals surface area contributed by atoms with Gasteiger partial charge in [-0.3, -0.25) is 0 Å². The zero-order chi connectivity index (χ0) is 9.84. The quantitative estimate of drug-likeness (QED) is 0.686. The second kappa shape index (κ2) is 5.14. The number of thioether (sulfide) groups is 1. The Labute approximate surface area is 93.6 Å². The first-order valence-electron chi connectivity index (χ1n) is 4.21. The molecule has 0 atom stereocenters. The van der Waals surface area contributed by atoms with Gasteiger partial charge in [0.05, 0.1) is 5.02 Å². The molecular formula is C10H12Cl2S. The molecular weight excluding hydrogens is 223 g/mol. The Kier molecular flexibility index (Phi) is 4.43. The molecule has 0 aliphatic carbocycles. The van der Waals surface area contributed by atoms with Crippen molar-refractivity contribution in [3.8, 4) is 0 Å². The van der Waals surface area contributed by atoms with E-state index in [9.17, 15) is 0 Å². The number of hydrogen-bond acceptors (Lipinski definition) is 1. The van der Waals surface area contributed by atoms with Crippen LogP contribution in [0, 0.1) is 0 Å². The van der Waals surface area contributed by atoms with E-state index in [1.807, 2.05) is 18.4 Å². The smallest absolute Gasteiger partial charge is 0.0545 e. The van der Waals surface area contributed by atoms with E-state index in [-0.39, 0.29) is 0 Å². The molecule has 0 spiro atoms. The van der Waals surface area contributed by atoms with Crippen molar-refractivity contribution in [1.29, 1.82) is 0 Å². The van der Waals surface area contributed by atoms with Gasteiger partial charge in [0.1, 0.15) is 0 Å². The SMILES string of the molecule is CCCc1cc(Cl)c(SC)cc1Cl. The second-order valence-corrected chi connectivity index (χ2v) is 4.49. The van der Waals surface area contributed by atoms with E-state index in [1.165, 1.54) is 0 Å². The molecule has 1 aromatic carbocycles. The summed E-state index contributed by atoms with van der Waals surface area (Å²) >= 11 is 13.8. The van der Waals surface area contributed by atoms with Crippen LogP contribution >= 0.6 is 35.0 Å². The fourth-order valence-corrected chi connectivity index (χ4v) is 2.42. The second-order valence-electron chi connectivity index (χ2n) is 2.83. The summed E-state index contributed by atoms with van der Waals surface area (Å²) in [7, 11) is 0. The normalized spacial score (nSPS) is 10.5. The molecule has 0 aliphatic heterocycles. The molecule has 13 heavy (non-hydrogen) atoms. The van der Waals surface area contributed by atoms with Crippen LogP contribution in [0.2, 0.25) is 10.0 Å². The van der Waals surface area contributed by atoms with Crippen molar-refractivity contribution in [3.05, 3.63) is 27.7 Å². The zero-order valence-electron chi connectivity index (χ0n) is 7.73. The van der Waals surface area contributed by atoms with Gasteiger partial charge in [0, 0.05) is 9.92 Å². The van der Waals surface area contributed by atoms with Gasteiger partial charge in [-0.15, -0.1) is 11.8 Å². The standard InChI is InChI=1S/C10H12Cl2S/c1-3-4-7-5-9(12)10(13-2)6-8(7)11/h5-6H,3-4H2,1-2H3. The van der Waals surface area contributed by atoms with Crippen LogP contribution in [0.3, 0.4) is 0 Å². The summed E-state index contributed by atoms with van der Waals surface area (Å²) in [5.41, 5.74) is 1.15. The lowest BCUT2D eigenvalue weighted by Gasteiger charge is -2.06.